The van der Waals surface area contributed by atoms with Crippen LogP contribution in [-0.2, 0) is 14.9 Å². The van der Waals surface area contributed by atoms with Crippen LogP contribution < -0.4 is 19.5 Å². The first-order valence-electron chi connectivity index (χ1n) is 11.9. The molecule has 2 heterocycles. The van der Waals surface area contributed by atoms with Crippen molar-refractivity contribution in [2.45, 2.75) is 43.1 Å². The number of fused-ring (bicyclic) bond motifs is 2. The first-order valence-corrected chi connectivity index (χ1v) is 11.9. The molecule has 37 heavy (non-hydrogen) atoms. The van der Waals surface area contributed by atoms with Crippen LogP contribution in [0.2, 0.25) is 0 Å². The fourth-order valence-corrected chi connectivity index (χ4v) is 5.06. The smallest absolute Gasteiger partial charge is 0.485 e. The van der Waals surface area contributed by atoms with Crippen LogP contribution in [0.15, 0.2) is 66.7 Å². The Morgan fingerprint density at radius 2 is 1.73 bits per heavy atom. The number of nitrogens with one attached hydrogen (secondary N) is 1. The van der Waals surface area contributed by atoms with Gasteiger partial charge in [-0.1, -0.05) is 36.4 Å². The van der Waals surface area contributed by atoms with Crippen LogP contribution in [0.4, 0.5) is 8.78 Å². The topological polar surface area (TPSA) is 83.1 Å². The summed E-state index contributed by atoms with van der Waals surface area (Å²) in [7, 11) is 1.33. The zero-order chi connectivity index (χ0) is 25.8. The number of carbonyl (C=O) groups is 2. The number of rotatable bonds is 5. The average molecular weight is 507 g/mol. The van der Waals surface area contributed by atoms with Crippen LogP contribution in [0.3, 0.4) is 0 Å². The number of alkyl halides is 2. The summed E-state index contributed by atoms with van der Waals surface area (Å²) in [5.41, 5.74) is 1.82. The van der Waals surface area contributed by atoms with Gasteiger partial charge in [0.05, 0.1) is 24.1 Å². The highest BCUT2D eigenvalue weighted by Crippen LogP contribution is 2.52. The Bertz CT molecular complexity index is 1400. The minimum atomic E-state index is -3.72. The molecule has 3 aromatic carbocycles. The predicted octanol–water partition coefficient (Wildman–Crippen LogP) is 5.21. The molecule has 190 valence electrons. The first kappa shape index (κ1) is 23.3. The summed E-state index contributed by atoms with van der Waals surface area (Å²) in [5.74, 6) is -0.131. The molecular formula is C28H23F2NO6. The van der Waals surface area contributed by atoms with Gasteiger partial charge in [0.1, 0.15) is 11.9 Å². The molecule has 0 aromatic heterocycles. The molecule has 3 aliphatic rings. The molecule has 1 N–H and O–H groups in total. The minimum Gasteiger partial charge on any atom is -0.485 e. The van der Waals surface area contributed by atoms with Crippen molar-refractivity contribution in [3.63, 3.8) is 0 Å². The number of benzene rings is 3. The number of methoxy groups -OCH3 is 1. The lowest BCUT2D eigenvalue weighted by Crippen LogP contribution is -2.39. The number of carbonyl (C=O) groups excluding carboxylic acids is 2. The maximum atomic E-state index is 13.6. The monoisotopic (exact) mass is 507 g/mol. The van der Waals surface area contributed by atoms with E-state index in [-0.39, 0.29) is 23.4 Å². The number of hydrogen-bond acceptors (Lipinski definition) is 6. The number of hydrogen-bond donors (Lipinski definition) is 1. The number of ether oxygens (including phenoxy) is 4. The second kappa shape index (κ2) is 8.47. The fourth-order valence-electron chi connectivity index (χ4n) is 5.06. The van der Waals surface area contributed by atoms with E-state index in [2.05, 4.69) is 14.8 Å². The third-order valence-corrected chi connectivity index (χ3v) is 7.14. The van der Waals surface area contributed by atoms with Crippen LogP contribution in [-0.4, -0.2) is 25.3 Å². The quantitative estimate of drug-likeness (QED) is 0.478. The Kier molecular flexibility index (Phi) is 5.33. The highest BCUT2D eigenvalue weighted by molar-refractivity contribution is 5.92. The zero-order valence-corrected chi connectivity index (χ0v) is 19.8. The van der Waals surface area contributed by atoms with E-state index < -0.39 is 23.8 Å². The van der Waals surface area contributed by atoms with Crippen molar-refractivity contribution >= 4 is 11.9 Å². The summed E-state index contributed by atoms with van der Waals surface area (Å²) in [6.45, 7) is 0. The van der Waals surface area contributed by atoms with Gasteiger partial charge >= 0.3 is 12.3 Å². The Morgan fingerprint density at radius 3 is 2.51 bits per heavy atom. The summed E-state index contributed by atoms with van der Waals surface area (Å²) in [6.07, 6.45) is -2.51. The van der Waals surface area contributed by atoms with E-state index in [9.17, 15) is 18.4 Å². The summed E-state index contributed by atoms with van der Waals surface area (Å²) >= 11 is 0. The van der Waals surface area contributed by atoms with Crippen LogP contribution >= 0.6 is 0 Å². The van der Waals surface area contributed by atoms with Gasteiger partial charge in [0.25, 0.3) is 0 Å². The van der Waals surface area contributed by atoms with E-state index in [1.54, 1.807) is 24.3 Å². The van der Waals surface area contributed by atoms with Gasteiger partial charge in [-0.05, 0) is 54.3 Å². The van der Waals surface area contributed by atoms with Crippen molar-refractivity contribution < 1.29 is 37.3 Å². The standard InChI is InChI=1S/C28H23F2NO6/c1-34-25(32)17-6-4-5-16(13-17)23-15-20(19-7-2-3-8-21(19)35-23)31-26(33)27(11-12-27)18-9-10-22-24(14-18)37-28(29,30)36-22/h2-10,13-14,20,23H,11-12,15H2,1H3,(H,31,33)/t20-,23+/m0/s1. The van der Waals surface area contributed by atoms with E-state index >= 15 is 0 Å². The Hall–Kier alpha value is -4.14. The Labute approximate surface area is 211 Å². The number of para-hydroxylation sites is 1. The van der Waals surface area contributed by atoms with Crippen LogP contribution in [0.1, 0.15) is 58.5 Å². The van der Waals surface area contributed by atoms with Crippen LogP contribution in [0, 0.1) is 0 Å². The summed E-state index contributed by atoms with van der Waals surface area (Å²) in [6, 6.07) is 18.7. The lowest BCUT2D eigenvalue weighted by atomic mass is 9.90. The molecule has 1 fully saturated rings. The number of esters is 1. The van der Waals surface area contributed by atoms with Crippen LogP contribution in [0.25, 0.3) is 0 Å². The van der Waals surface area contributed by atoms with Crippen molar-refractivity contribution in [3.8, 4) is 17.2 Å². The number of halogens is 2. The van der Waals surface area contributed by atoms with Crippen molar-refractivity contribution in [2.75, 3.05) is 7.11 Å². The van der Waals surface area contributed by atoms with Crippen LogP contribution in [0.5, 0.6) is 17.2 Å². The third-order valence-electron chi connectivity index (χ3n) is 7.14. The van der Waals surface area contributed by atoms with Crippen molar-refractivity contribution in [3.05, 3.63) is 89.0 Å². The molecule has 7 nitrogen and oxygen atoms in total. The second-order valence-corrected chi connectivity index (χ2v) is 9.43. The molecule has 0 bridgehead atoms. The molecule has 0 spiro atoms. The largest absolute Gasteiger partial charge is 0.586 e. The summed E-state index contributed by atoms with van der Waals surface area (Å²) in [5, 5.41) is 3.18. The Balaban J connectivity index is 1.26. The highest BCUT2D eigenvalue weighted by atomic mass is 19.3. The van der Waals surface area contributed by atoms with Crippen molar-refractivity contribution in [1.29, 1.82) is 0 Å². The van der Waals surface area contributed by atoms with E-state index in [0.29, 0.717) is 36.1 Å². The molecular weight excluding hydrogens is 484 g/mol. The van der Waals surface area contributed by atoms with E-state index in [1.165, 1.54) is 19.2 Å². The maximum Gasteiger partial charge on any atom is 0.586 e. The third kappa shape index (κ3) is 4.14. The summed E-state index contributed by atoms with van der Waals surface area (Å²) < 4.78 is 47.2. The first-order chi connectivity index (χ1) is 17.8. The highest BCUT2D eigenvalue weighted by Gasteiger charge is 2.53. The molecule has 0 saturated heterocycles. The van der Waals surface area contributed by atoms with Gasteiger partial charge in [-0.2, -0.15) is 0 Å². The van der Waals surface area contributed by atoms with Gasteiger partial charge in [-0.25, -0.2) is 4.79 Å². The lowest BCUT2D eigenvalue weighted by molar-refractivity contribution is -0.286. The minimum absolute atomic E-state index is 0.0552. The van der Waals surface area contributed by atoms with E-state index in [1.807, 2.05) is 30.3 Å². The molecule has 9 heteroatoms. The van der Waals surface area contributed by atoms with Gasteiger partial charge < -0.3 is 24.3 Å². The molecule has 1 saturated carbocycles. The Morgan fingerprint density at radius 1 is 0.946 bits per heavy atom. The fraction of sp³-hybridized carbons (Fsp3) is 0.286. The lowest BCUT2D eigenvalue weighted by Gasteiger charge is -2.34. The van der Waals surface area contributed by atoms with Crippen molar-refractivity contribution in [2.24, 2.45) is 0 Å². The second-order valence-electron chi connectivity index (χ2n) is 9.43. The molecule has 6 rings (SSSR count). The van der Waals surface area contributed by atoms with Crippen molar-refractivity contribution in [1.82, 2.24) is 5.32 Å². The summed E-state index contributed by atoms with van der Waals surface area (Å²) in [4.78, 5) is 25.7. The van der Waals surface area contributed by atoms with E-state index in [0.717, 1.165) is 11.1 Å². The normalized spacial score (nSPS) is 21.8. The number of amides is 1. The van der Waals surface area contributed by atoms with Gasteiger partial charge in [-0.15, -0.1) is 8.78 Å². The maximum absolute atomic E-state index is 13.6. The molecule has 0 unspecified atom stereocenters. The van der Waals surface area contributed by atoms with Gasteiger partial charge in [0, 0.05) is 12.0 Å². The van der Waals surface area contributed by atoms with Gasteiger partial charge in [0.15, 0.2) is 11.5 Å². The molecule has 2 aliphatic heterocycles. The molecule has 3 aromatic rings. The van der Waals surface area contributed by atoms with E-state index in [4.69, 9.17) is 9.47 Å². The molecule has 0 radical (unpaired) electrons. The van der Waals surface area contributed by atoms with Gasteiger partial charge in [0.2, 0.25) is 5.91 Å². The zero-order valence-electron chi connectivity index (χ0n) is 19.8. The molecule has 1 amide bonds. The molecule has 1 aliphatic carbocycles. The average Bonchev–Trinajstić information content (AvgIpc) is 3.65. The molecule has 2 atom stereocenters. The van der Waals surface area contributed by atoms with Gasteiger partial charge in [-0.3, -0.25) is 4.79 Å². The SMILES string of the molecule is COC(=O)c1cccc([C@H]2C[C@H](NC(=O)C3(c4ccc5c(c4)OC(F)(F)O5)CC3)c3ccccc3O2)c1. The predicted molar refractivity (Wildman–Crippen MR) is 127 cm³/mol.